The quantitative estimate of drug-likeness (QED) is 0.493. The van der Waals surface area contributed by atoms with Gasteiger partial charge in [0, 0.05) is 10.5 Å². The van der Waals surface area contributed by atoms with E-state index in [0.717, 1.165) is 0 Å². The van der Waals surface area contributed by atoms with Crippen molar-refractivity contribution >= 4 is 41.3 Å². The first-order valence-electron chi connectivity index (χ1n) is 6.02. The Kier molecular flexibility index (Phi) is 12.5. The lowest BCUT2D eigenvalue weighted by molar-refractivity contribution is -0.145. The van der Waals surface area contributed by atoms with Crippen LogP contribution in [0.3, 0.4) is 0 Å². The van der Waals surface area contributed by atoms with Crippen molar-refractivity contribution in [1.29, 1.82) is 0 Å². The molecule has 0 amide bonds. The van der Waals surface area contributed by atoms with Crippen molar-refractivity contribution in [3.63, 3.8) is 0 Å². The summed E-state index contributed by atoms with van der Waals surface area (Å²) >= 11 is 4.16. The lowest BCUT2D eigenvalue weighted by Crippen LogP contribution is -2.34. The molecule has 0 aromatic rings. The van der Waals surface area contributed by atoms with Crippen molar-refractivity contribution < 1.29 is 19.0 Å². The summed E-state index contributed by atoms with van der Waals surface area (Å²) in [5.41, 5.74) is -0.492. The van der Waals surface area contributed by atoms with Gasteiger partial charge in [0.2, 0.25) is 0 Å². The molecule has 21 heavy (non-hydrogen) atoms. The molecule has 4 nitrogen and oxygen atoms in total. The van der Waals surface area contributed by atoms with Crippen molar-refractivity contribution in [1.82, 2.24) is 0 Å². The summed E-state index contributed by atoms with van der Waals surface area (Å²) in [5.74, 6) is 0.0789. The molecular formula is C14H20O4S3. The lowest BCUT2D eigenvalue weighted by atomic mass is 9.94. The van der Waals surface area contributed by atoms with Crippen molar-refractivity contribution in [2.45, 2.75) is 6.92 Å². The van der Waals surface area contributed by atoms with E-state index in [-0.39, 0.29) is 12.6 Å². The maximum Gasteiger partial charge on any atom is 0.315 e. The second kappa shape index (κ2) is 12.9. The molecule has 0 fully saturated rings. The van der Waals surface area contributed by atoms with E-state index in [2.05, 4.69) is 22.7 Å². The summed E-state index contributed by atoms with van der Waals surface area (Å²) in [6, 6.07) is 0. The Morgan fingerprint density at radius 1 is 1.00 bits per heavy atom. The Bertz CT molecular complexity index is 391. The van der Waals surface area contributed by atoms with Crippen molar-refractivity contribution in [2.75, 3.05) is 44.3 Å². The molecule has 118 valence electrons. The summed E-state index contributed by atoms with van der Waals surface area (Å²) in [6.07, 6.45) is 10.7. The molecule has 0 saturated heterocycles. The number of esters is 1. The Hall–Kier alpha value is -0.760. The second-order valence-electron chi connectivity index (χ2n) is 4.30. The van der Waals surface area contributed by atoms with Gasteiger partial charge in [-0.2, -0.15) is 11.8 Å². The Labute approximate surface area is 139 Å². The predicted molar refractivity (Wildman–Crippen MR) is 91.9 cm³/mol. The number of carbonyl (C=O) groups is 1. The van der Waals surface area contributed by atoms with E-state index in [1.807, 2.05) is 25.7 Å². The van der Waals surface area contributed by atoms with Gasteiger partial charge in [-0.05, 0) is 25.7 Å². The SMILES string of the molecule is CSC#COCC(C)(COC#CSC)COC(=O)CSC. The highest BCUT2D eigenvalue weighted by Gasteiger charge is 2.28. The van der Waals surface area contributed by atoms with Crippen LogP contribution < -0.4 is 0 Å². The highest BCUT2D eigenvalue weighted by molar-refractivity contribution is 8.03. The smallest absolute Gasteiger partial charge is 0.315 e. The molecule has 0 heterocycles. The van der Waals surface area contributed by atoms with Crippen LogP contribution >= 0.6 is 35.3 Å². The van der Waals surface area contributed by atoms with E-state index in [0.29, 0.717) is 19.0 Å². The van der Waals surface area contributed by atoms with Crippen molar-refractivity contribution in [3.8, 4) is 22.7 Å². The zero-order chi connectivity index (χ0) is 16.0. The largest absolute Gasteiger partial charge is 0.464 e. The van der Waals surface area contributed by atoms with Gasteiger partial charge in [0.1, 0.15) is 32.0 Å². The topological polar surface area (TPSA) is 44.8 Å². The fourth-order valence-electron chi connectivity index (χ4n) is 1.10. The minimum Gasteiger partial charge on any atom is -0.464 e. The number of hydrogen-bond donors (Lipinski definition) is 0. The first-order chi connectivity index (χ1) is 10.1. The van der Waals surface area contributed by atoms with Crippen LogP contribution in [0.4, 0.5) is 0 Å². The molecule has 0 aromatic carbocycles. The maximum atomic E-state index is 11.5. The summed E-state index contributed by atoms with van der Waals surface area (Å²) in [6.45, 7) is 2.71. The summed E-state index contributed by atoms with van der Waals surface area (Å²) in [5, 5.41) is 5.49. The van der Waals surface area contributed by atoms with Crippen molar-refractivity contribution in [3.05, 3.63) is 0 Å². The molecule has 0 unspecified atom stereocenters. The average Bonchev–Trinajstić information content (AvgIpc) is 2.47. The molecule has 0 bridgehead atoms. The number of hydrogen-bond acceptors (Lipinski definition) is 7. The fourth-order valence-corrected chi connectivity index (χ4v) is 1.71. The van der Waals surface area contributed by atoms with Crippen LogP contribution in [-0.4, -0.2) is 50.3 Å². The van der Waals surface area contributed by atoms with Gasteiger partial charge in [-0.3, -0.25) is 4.79 Å². The molecular weight excluding hydrogens is 328 g/mol. The van der Waals surface area contributed by atoms with Crippen LogP contribution in [0.5, 0.6) is 0 Å². The number of ether oxygens (including phenoxy) is 3. The van der Waals surface area contributed by atoms with E-state index in [1.54, 1.807) is 0 Å². The van der Waals surface area contributed by atoms with E-state index >= 15 is 0 Å². The first kappa shape index (κ1) is 20.2. The van der Waals surface area contributed by atoms with Gasteiger partial charge in [-0.25, -0.2) is 0 Å². The van der Waals surface area contributed by atoms with Crippen LogP contribution in [-0.2, 0) is 19.0 Å². The minimum absolute atomic E-state index is 0.203. The molecule has 0 aliphatic rings. The summed E-state index contributed by atoms with van der Waals surface area (Å²) in [7, 11) is 0. The Morgan fingerprint density at radius 3 is 1.95 bits per heavy atom. The lowest BCUT2D eigenvalue weighted by Gasteiger charge is -2.26. The van der Waals surface area contributed by atoms with E-state index in [1.165, 1.54) is 35.3 Å². The number of thioether (sulfide) groups is 3. The first-order valence-corrected chi connectivity index (χ1v) is 9.86. The van der Waals surface area contributed by atoms with Gasteiger partial charge in [-0.15, -0.1) is 0 Å². The Balaban J connectivity index is 4.45. The summed E-state index contributed by atoms with van der Waals surface area (Å²) < 4.78 is 15.8. The molecule has 0 atom stereocenters. The minimum atomic E-state index is -0.492. The maximum absolute atomic E-state index is 11.5. The van der Waals surface area contributed by atoms with E-state index in [4.69, 9.17) is 14.2 Å². The normalized spacial score (nSPS) is 9.71. The standard InChI is InChI=1S/C14H20O4S3/c1-14(10-16-5-7-19-2,11-17-6-8-20-3)12-18-13(15)9-21-4/h9-12H2,1-4H3. The van der Waals surface area contributed by atoms with E-state index in [9.17, 15) is 4.79 Å². The van der Waals surface area contributed by atoms with Crippen molar-refractivity contribution in [2.24, 2.45) is 5.41 Å². The Morgan fingerprint density at radius 2 is 1.52 bits per heavy atom. The molecule has 0 saturated carbocycles. The van der Waals surface area contributed by atoms with Crippen LogP contribution in [0.15, 0.2) is 0 Å². The summed E-state index contributed by atoms with van der Waals surface area (Å²) in [4.78, 5) is 11.5. The molecule has 0 radical (unpaired) electrons. The van der Waals surface area contributed by atoms with E-state index < -0.39 is 5.41 Å². The van der Waals surface area contributed by atoms with Crippen LogP contribution in [0.1, 0.15) is 6.92 Å². The van der Waals surface area contributed by atoms with Gasteiger partial charge >= 0.3 is 5.97 Å². The van der Waals surface area contributed by atoms with Gasteiger partial charge in [0.25, 0.3) is 0 Å². The molecule has 0 N–H and O–H groups in total. The third-order valence-electron chi connectivity index (χ3n) is 2.12. The van der Waals surface area contributed by atoms with Crippen LogP contribution in [0.25, 0.3) is 0 Å². The van der Waals surface area contributed by atoms with Gasteiger partial charge in [0.15, 0.2) is 0 Å². The average molecular weight is 349 g/mol. The van der Waals surface area contributed by atoms with Gasteiger partial charge in [-0.1, -0.05) is 23.5 Å². The molecule has 0 aromatic heterocycles. The second-order valence-corrected chi connectivity index (χ2v) is 6.39. The highest BCUT2D eigenvalue weighted by Crippen LogP contribution is 2.18. The monoisotopic (exact) mass is 348 g/mol. The fraction of sp³-hybridized carbons (Fsp3) is 0.643. The third-order valence-corrected chi connectivity index (χ3v) is 3.22. The molecule has 0 aliphatic heterocycles. The predicted octanol–water partition coefficient (Wildman–Crippen LogP) is 2.49. The number of rotatable bonds is 8. The molecule has 0 aliphatic carbocycles. The highest BCUT2D eigenvalue weighted by atomic mass is 32.2. The molecule has 0 spiro atoms. The van der Waals surface area contributed by atoms with Crippen LogP contribution in [0.2, 0.25) is 0 Å². The van der Waals surface area contributed by atoms with Crippen LogP contribution in [0, 0.1) is 28.1 Å². The zero-order valence-electron chi connectivity index (χ0n) is 12.7. The molecule has 0 rings (SSSR count). The zero-order valence-corrected chi connectivity index (χ0v) is 15.1. The third kappa shape index (κ3) is 11.6. The molecule has 7 heteroatoms. The van der Waals surface area contributed by atoms with Gasteiger partial charge in [0.05, 0.1) is 11.2 Å². The number of carbonyl (C=O) groups excluding carboxylic acids is 1. The van der Waals surface area contributed by atoms with Gasteiger partial charge < -0.3 is 14.2 Å².